The Bertz CT molecular complexity index is 472. The van der Waals surface area contributed by atoms with Crippen LogP contribution in [-0.4, -0.2) is 17.9 Å². The molecule has 62 valence electrons. The van der Waals surface area contributed by atoms with E-state index in [-0.39, 0.29) is 11.3 Å². The topological polar surface area (TPSA) is 33.1 Å². The van der Waals surface area contributed by atoms with Gasteiger partial charge in [0.15, 0.2) is 0 Å². The normalized spacial score (nSPS) is 10.5. The quantitative estimate of drug-likeness (QED) is 0.502. The van der Waals surface area contributed by atoms with E-state index in [1.54, 1.807) is 18.2 Å². The van der Waals surface area contributed by atoms with Crippen LogP contribution in [0.15, 0.2) is 24.3 Å². The molecule has 0 spiro atoms. The third-order valence-corrected chi connectivity index (χ3v) is 2.15. The minimum atomic E-state index is -0.0139. The number of pyridine rings is 1. The van der Waals surface area contributed by atoms with E-state index < -0.39 is 0 Å². The van der Waals surface area contributed by atoms with Crippen molar-refractivity contribution in [1.82, 2.24) is 4.98 Å². The number of benzene rings is 1. The molecule has 0 saturated heterocycles. The summed E-state index contributed by atoms with van der Waals surface area (Å²) in [6, 6.07) is 7.15. The van der Waals surface area contributed by atoms with Gasteiger partial charge in [0.2, 0.25) is 0 Å². The first kappa shape index (κ1) is 8.39. The molecule has 1 N–H and O–H groups in total. The average molecular weight is 189 g/mol. The summed E-state index contributed by atoms with van der Waals surface area (Å²) < 4.78 is 0. The fourth-order valence-corrected chi connectivity index (χ4v) is 1.48. The van der Waals surface area contributed by atoms with Crippen molar-refractivity contribution in [3.05, 3.63) is 29.4 Å². The molecule has 0 aliphatic carbocycles. The van der Waals surface area contributed by atoms with Gasteiger partial charge < -0.3 is 5.11 Å². The number of aromatic nitrogens is 1. The number of fused-ring (bicyclic) bond motifs is 1. The number of nitrogens with zero attached hydrogens (tertiary/aromatic N) is 1. The molecule has 0 bridgehead atoms. The lowest BCUT2D eigenvalue weighted by atomic mass is 9.99. The van der Waals surface area contributed by atoms with Gasteiger partial charge >= 0.3 is 0 Å². The molecule has 0 atom stereocenters. The first-order valence-electron chi connectivity index (χ1n) is 3.73. The largest absolute Gasteiger partial charge is 0.506 e. The van der Waals surface area contributed by atoms with Gasteiger partial charge in [-0.1, -0.05) is 35.9 Å². The van der Waals surface area contributed by atoms with Crippen LogP contribution in [0.5, 0.6) is 5.75 Å². The zero-order valence-corrected chi connectivity index (χ0v) is 7.42. The fourth-order valence-electron chi connectivity index (χ4n) is 1.23. The van der Waals surface area contributed by atoms with E-state index in [2.05, 4.69) is 4.98 Å². The molecule has 1 heterocycles. The summed E-state index contributed by atoms with van der Waals surface area (Å²) in [6.07, 6.45) is 0. The van der Waals surface area contributed by atoms with Gasteiger partial charge in [0.1, 0.15) is 18.7 Å². The highest BCUT2D eigenvalue weighted by atomic mass is 35.5. The summed E-state index contributed by atoms with van der Waals surface area (Å²) >= 11 is 5.83. The highest BCUT2D eigenvalue weighted by Crippen LogP contribution is 2.26. The third kappa shape index (κ3) is 1.25. The number of halogens is 1. The van der Waals surface area contributed by atoms with Gasteiger partial charge in [-0.15, -0.1) is 0 Å². The molecule has 0 fully saturated rings. The zero-order chi connectivity index (χ0) is 9.42. The summed E-state index contributed by atoms with van der Waals surface area (Å²) in [5, 5.41) is 11.2. The highest BCUT2D eigenvalue weighted by Gasteiger charge is 2.06. The second-order valence-electron chi connectivity index (χ2n) is 2.68. The number of rotatable bonds is 0. The molecule has 2 rings (SSSR count). The molecule has 0 aliphatic rings. The molecule has 0 unspecified atom stereocenters. The van der Waals surface area contributed by atoms with Crippen LogP contribution in [-0.2, 0) is 0 Å². The van der Waals surface area contributed by atoms with E-state index in [1.807, 2.05) is 6.07 Å². The lowest BCUT2D eigenvalue weighted by Gasteiger charge is -2.05. The maximum Gasteiger partial charge on any atom is 0.147 e. The second kappa shape index (κ2) is 2.93. The van der Waals surface area contributed by atoms with E-state index in [4.69, 9.17) is 19.4 Å². The minimum absolute atomic E-state index is 0.0139. The number of hydrogen-bond donors (Lipinski definition) is 1. The molecule has 2 aromatic rings. The van der Waals surface area contributed by atoms with E-state index in [0.717, 1.165) is 0 Å². The smallest absolute Gasteiger partial charge is 0.147 e. The monoisotopic (exact) mass is 189 g/mol. The van der Waals surface area contributed by atoms with Crippen LogP contribution in [0.4, 0.5) is 0 Å². The van der Waals surface area contributed by atoms with E-state index >= 15 is 0 Å². The van der Waals surface area contributed by atoms with Crippen LogP contribution in [0.1, 0.15) is 0 Å². The van der Waals surface area contributed by atoms with Crippen LogP contribution < -0.4 is 5.59 Å². The molecule has 0 saturated carbocycles. The maximum absolute atomic E-state index is 9.54. The van der Waals surface area contributed by atoms with Crippen molar-refractivity contribution >= 4 is 35.8 Å². The molecule has 2 nitrogen and oxygen atoms in total. The Hall–Kier alpha value is -1.22. The molecule has 1 aromatic heterocycles. The molecular weight excluding hydrogens is 184 g/mol. The predicted molar refractivity (Wildman–Crippen MR) is 53.8 cm³/mol. The Morgan fingerprint density at radius 1 is 1.23 bits per heavy atom. The van der Waals surface area contributed by atoms with Gasteiger partial charge in [0.05, 0.1) is 0 Å². The van der Waals surface area contributed by atoms with Crippen LogP contribution in [0, 0.1) is 0 Å². The van der Waals surface area contributed by atoms with Gasteiger partial charge in [0.25, 0.3) is 0 Å². The summed E-state index contributed by atoms with van der Waals surface area (Å²) in [5.74, 6) is -0.0139. The van der Waals surface area contributed by atoms with Crippen molar-refractivity contribution in [2.24, 2.45) is 0 Å². The molecular formula is C9H5BClNO. The van der Waals surface area contributed by atoms with Gasteiger partial charge in [-0.05, 0) is 0 Å². The fraction of sp³-hybridized carbons (Fsp3) is 0. The summed E-state index contributed by atoms with van der Waals surface area (Å²) in [4.78, 5) is 3.79. The van der Waals surface area contributed by atoms with Crippen molar-refractivity contribution in [2.75, 3.05) is 0 Å². The minimum Gasteiger partial charge on any atom is -0.506 e. The van der Waals surface area contributed by atoms with Crippen molar-refractivity contribution in [3.8, 4) is 5.75 Å². The lowest BCUT2D eigenvalue weighted by Crippen LogP contribution is -2.08. The van der Waals surface area contributed by atoms with Gasteiger partial charge in [-0.2, -0.15) is 0 Å². The third-order valence-electron chi connectivity index (χ3n) is 1.87. The van der Waals surface area contributed by atoms with E-state index in [9.17, 15) is 5.11 Å². The Kier molecular flexibility index (Phi) is 1.89. The summed E-state index contributed by atoms with van der Waals surface area (Å²) in [5.41, 5.74) is 0.0590. The Morgan fingerprint density at radius 3 is 2.54 bits per heavy atom. The summed E-state index contributed by atoms with van der Waals surface area (Å²) in [6.45, 7) is 0. The molecule has 1 aromatic carbocycles. The first-order chi connectivity index (χ1) is 6.20. The summed E-state index contributed by atoms with van der Waals surface area (Å²) in [7, 11) is 5.44. The van der Waals surface area contributed by atoms with Gasteiger partial charge in [-0.3, -0.25) is 0 Å². The predicted octanol–water partition coefficient (Wildman–Crippen LogP) is 1.39. The van der Waals surface area contributed by atoms with E-state index in [1.165, 1.54) is 0 Å². The van der Waals surface area contributed by atoms with Crippen LogP contribution in [0.2, 0.25) is 5.15 Å². The average Bonchev–Trinajstić information content (AvgIpc) is 2.15. The molecule has 0 amide bonds. The molecule has 13 heavy (non-hydrogen) atoms. The number of hydrogen-bond acceptors (Lipinski definition) is 2. The Balaban J connectivity index is 2.97. The van der Waals surface area contributed by atoms with Crippen molar-refractivity contribution < 1.29 is 5.11 Å². The van der Waals surface area contributed by atoms with Crippen molar-refractivity contribution in [3.63, 3.8) is 0 Å². The van der Waals surface area contributed by atoms with Gasteiger partial charge in [0, 0.05) is 16.4 Å². The van der Waals surface area contributed by atoms with Crippen LogP contribution in [0.25, 0.3) is 10.8 Å². The van der Waals surface area contributed by atoms with E-state index in [0.29, 0.717) is 15.9 Å². The number of aromatic hydroxyl groups is 1. The Labute approximate surface area is 81.6 Å². The standard InChI is InChI=1S/C9H5BClNO/c10-8-7(13)5-3-1-2-4-6(5)9(11)12-8/h1-4,13H. The van der Waals surface area contributed by atoms with Gasteiger partial charge in [-0.25, -0.2) is 4.98 Å². The molecule has 4 heteroatoms. The second-order valence-corrected chi connectivity index (χ2v) is 3.04. The van der Waals surface area contributed by atoms with Crippen molar-refractivity contribution in [2.45, 2.75) is 0 Å². The zero-order valence-electron chi connectivity index (χ0n) is 6.66. The molecule has 2 radical (unpaired) electrons. The van der Waals surface area contributed by atoms with Crippen LogP contribution in [0.3, 0.4) is 0 Å². The Morgan fingerprint density at radius 2 is 1.85 bits per heavy atom. The SMILES string of the molecule is [B]c1nc(Cl)c2ccccc2c1O. The first-order valence-corrected chi connectivity index (χ1v) is 4.10. The highest BCUT2D eigenvalue weighted by molar-refractivity contribution is 6.39. The van der Waals surface area contributed by atoms with Crippen molar-refractivity contribution in [1.29, 1.82) is 0 Å². The van der Waals surface area contributed by atoms with Crippen LogP contribution >= 0.6 is 11.6 Å². The lowest BCUT2D eigenvalue weighted by molar-refractivity contribution is 0.484. The molecule has 0 aliphatic heterocycles. The maximum atomic E-state index is 9.54.